The summed E-state index contributed by atoms with van der Waals surface area (Å²) in [4.78, 5) is 2.17. The Bertz CT molecular complexity index is 804. The van der Waals surface area contributed by atoms with Gasteiger partial charge in [0.05, 0.1) is 0 Å². The van der Waals surface area contributed by atoms with E-state index in [4.69, 9.17) is 0 Å². The highest BCUT2D eigenvalue weighted by atomic mass is 19.2. The molecule has 0 saturated carbocycles. The first kappa shape index (κ1) is 23.1. The van der Waals surface area contributed by atoms with Gasteiger partial charge < -0.3 is 4.90 Å². The lowest BCUT2D eigenvalue weighted by molar-refractivity contribution is 0.384. The SMILES string of the molecule is C=C(c1ccc(F)c(F)c1)N1CC(CCC)(CCC)c2ccccc21.CCCC. The minimum atomic E-state index is -0.834. The third kappa shape index (κ3) is 5.07. The molecule has 3 rings (SSSR count). The fourth-order valence-electron chi connectivity index (χ4n) is 4.21. The second-order valence-electron chi connectivity index (χ2n) is 7.96. The fraction of sp³-hybridized carbons (Fsp3) is 0.462. The molecule has 2 aromatic rings. The Morgan fingerprint density at radius 3 is 2.07 bits per heavy atom. The Morgan fingerprint density at radius 1 is 0.897 bits per heavy atom. The van der Waals surface area contributed by atoms with E-state index in [2.05, 4.69) is 57.4 Å². The van der Waals surface area contributed by atoms with Crippen LogP contribution in [0.5, 0.6) is 0 Å². The van der Waals surface area contributed by atoms with Crippen LogP contribution in [0.15, 0.2) is 49.0 Å². The second kappa shape index (κ2) is 10.6. The van der Waals surface area contributed by atoms with Crippen LogP contribution in [-0.4, -0.2) is 6.54 Å². The van der Waals surface area contributed by atoms with Gasteiger partial charge in [-0.25, -0.2) is 8.78 Å². The molecule has 0 N–H and O–H groups in total. The molecule has 0 unspecified atom stereocenters. The van der Waals surface area contributed by atoms with E-state index < -0.39 is 11.6 Å². The zero-order chi connectivity index (χ0) is 21.4. The molecule has 0 spiro atoms. The van der Waals surface area contributed by atoms with Crippen LogP contribution in [-0.2, 0) is 5.41 Å². The molecule has 29 heavy (non-hydrogen) atoms. The van der Waals surface area contributed by atoms with Crippen LogP contribution in [0.25, 0.3) is 5.70 Å². The number of hydrogen-bond donors (Lipinski definition) is 0. The first-order valence-corrected chi connectivity index (χ1v) is 10.9. The van der Waals surface area contributed by atoms with Crippen LogP contribution in [0.1, 0.15) is 77.3 Å². The number of halogens is 2. The number of hydrogen-bond acceptors (Lipinski definition) is 1. The molecule has 1 nitrogen and oxygen atoms in total. The number of nitrogens with zero attached hydrogens (tertiary/aromatic N) is 1. The number of fused-ring (bicyclic) bond motifs is 1. The van der Waals surface area contributed by atoms with Crippen molar-refractivity contribution in [2.45, 2.75) is 71.6 Å². The Hall–Kier alpha value is -2.16. The molecular weight excluding hydrogens is 364 g/mol. The van der Waals surface area contributed by atoms with E-state index >= 15 is 0 Å². The Balaban J connectivity index is 0.000000687. The van der Waals surface area contributed by atoms with Gasteiger partial charge in [0.25, 0.3) is 0 Å². The highest BCUT2D eigenvalue weighted by Crippen LogP contribution is 2.48. The lowest BCUT2D eigenvalue weighted by Gasteiger charge is -2.31. The molecule has 0 aromatic heterocycles. The normalized spacial score (nSPS) is 14.2. The van der Waals surface area contributed by atoms with Gasteiger partial charge in [-0.1, -0.05) is 78.2 Å². The van der Waals surface area contributed by atoms with E-state index in [1.165, 1.54) is 30.5 Å². The monoisotopic (exact) mass is 399 g/mol. The summed E-state index contributed by atoms with van der Waals surface area (Å²) in [6, 6.07) is 12.4. The largest absolute Gasteiger partial charge is 0.340 e. The van der Waals surface area contributed by atoms with Crippen LogP contribution in [0.3, 0.4) is 0 Å². The van der Waals surface area contributed by atoms with Gasteiger partial charge in [0, 0.05) is 28.9 Å². The minimum absolute atomic E-state index is 0.0988. The van der Waals surface area contributed by atoms with Crippen molar-refractivity contribution in [3.63, 3.8) is 0 Å². The second-order valence-corrected chi connectivity index (χ2v) is 7.96. The molecule has 158 valence electrons. The molecule has 0 atom stereocenters. The van der Waals surface area contributed by atoms with Crippen molar-refractivity contribution in [3.05, 3.63) is 71.8 Å². The molecule has 1 aliphatic heterocycles. The van der Waals surface area contributed by atoms with Crippen molar-refractivity contribution in [1.29, 1.82) is 0 Å². The summed E-state index contributed by atoms with van der Waals surface area (Å²) in [6.07, 6.45) is 7.08. The average molecular weight is 400 g/mol. The molecular formula is C26H35F2N. The summed E-state index contributed by atoms with van der Waals surface area (Å²) >= 11 is 0. The lowest BCUT2D eigenvalue weighted by atomic mass is 9.75. The first-order valence-electron chi connectivity index (χ1n) is 10.9. The van der Waals surface area contributed by atoms with Gasteiger partial charge in [0.15, 0.2) is 11.6 Å². The predicted molar refractivity (Wildman–Crippen MR) is 121 cm³/mol. The predicted octanol–water partition coefficient (Wildman–Crippen LogP) is 8.10. The van der Waals surface area contributed by atoms with E-state index in [-0.39, 0.29) is 5.41 Å². The number of unbranched alkanes of at least 4 members (excludes halogenated alkanes) is 1. The zero-order valence-electron chi connectivity index (χ0n) is 18.4. The Morgan fingerprint density at radius 2 is 1.52 bits per heavy atom. The maximum Gasteiger partial charge on any atom is 0.159 e. The van der Waals surface area contributed by atoms with E-state index in [9.17, 15) is 8.78 Å². The summed E-state index contributed by atoms with van der Waals surface area (Å²) in [5.41, 5.74) is 3.93. The van der Waals surface area contributed by atoms with Crippen molar-refractivity contribution in [3.8, 4) is 0 Å². The molecule has 0 saturated heterocycles. The van der Waals surface area contributed by atoms with Gasteiger partial charge in [-0.3, -0.25) is 0 Å². The number of rotatable bonds is 7. The molecule has 0 aliphatic carbocycles. The van der Waals surface area contributed by atoms with Crippen molar-refractivity contribution < 1.29 is 8.78 Å². The van der Waals surface area contributed by atoms with Crippen molar-refractivity contribution >= 4 is 11.4 Å². The van der Waals surface area contributed by atoms with Crippen LogP contribution in [0.4, 0.5) is 14.5 Å². The Labute approximate surface area is 175 Å². The van der Waals surface area contributed by atoms with Crippen molar-refractivity contribution in [1.82, 2.24) is 0 Å². The number of para-hydroxylation sites is 1. The molecule has 2 aromatic carbocycles. The number of anilines is 1. The van der Waals surface area contributed by atoms with Crippen LogP contribution >= 0.6 is 0 Å². The van der Waals surface area contributed by atoms with Crippen LogP contribution in [0.2, 0.25) is 0 Å². The molecule has 1 heterocycles. The molecule has 0 radical (unpaired) electrons. The summed E-state index contributed by atoms with van der Waals surface area (Å²) in [5.74, 6) is -1.66. The van der Waals surface area contributed by atoms with Gasteiger partial charge in [-0.05, 0) is 42.7 Å². The highest BCUT2D eigenvalue weighted by molar-refractivity contribution is 5.82. The minimum Gasteiger partial charge on any atom is -0.340 e. The van der Waals surface area contributed by atoms with Crippen LogP contribution in [0, 0.1) is 11.6 Å². The Kier molecular flexibility index (Phi) is 8.43. The molecule has 0 amide bonds. The maximum atomic E-state index is 13.7. The summed E-state index contributed by atoms with van der Waals surface area (Å²) < 4.78 is 27.0. The van der Waals surface area contributed by atoms with Crippen molar-refractivity contribution in [2.75, 3.05) is 11.4 Å². The summed E-state index contributed by atoms with van der Waals surface area (Å²) in [6.45, 7) is 13.8. The quantitative estimate of drug-likeness (QED) is 0.454. The van der Waals surface area contributed by atoms with E-state index in [1.807, 2.05) is 6.07 Å². The first-order chi connectivity index (χ1) is 13.9. The molecule has 1 aliphatic rings. The fourth-order valence-corrected chi connectivity index (χ4v) is 4.21. The molecule has 0 bridgehead atoms. The molecule has 0 fully saturated rings. The van der Waals surface area contributed by atoms with Gasteiger partial charge >= 0.3 is 0 Å². The van der Waals surface area contributed by atoms with Crippen molar-refractivity contribution in [2.24, 2.45) is 0 Å². The lowest BCUT2D eigenvalue weighted by Crippen LogP contribution is -2.32. The van der Waals surface area contributed by atoms with Gasteiger partial charge in [0.2, 0.25) is 0 Å². The highest BCUT2D eigenvalue weighted by Gasteiger charge is 2.41. The standard InChI is InChI=1S/C22H25F2N.C4H10/c1-4-12-22(13-5-2)15-25(21-9-7-6-8-18(21)22)16(3)17-10-11-19(23)20(24)14-17;1-3-4-2/h6-11,14H,3-5,12-13,15H2,1-2H3;3-4H2,1-2H3. The van der Waals surface area contributed by atoms with E-state index in [0.29, 0.717) is 5.56 Å². The topological polar surface area (TPSA) is 3.24 Å². The third-order valence-electron chi connectivity index (χ3n) is 5.76. The van der Waals surface area contributed by atoms with Crippen LogP contribution < -0.4 is 4.90 Å². The smallest absolute Gasteiger partial charge is 0.159 e. The van der Waals surface area contributed by atoms with Gasteiger partial charge in [0.1, 0.15) is 0 Å². The van der Waals surface area contributed by atoms with E-state index in [1.54, 1.807) is 6.07 Å². The van der Waals surface area contributed by atoms with Gasteiger partial charge in [-0.2, -0.15) is 0 Å². The van der Waals surface area contributed by atoms with E-state index in [0.717, 1.165) is 43.6 Å². The average Bonchev–Trinajstić information content (AvgIpc) is 3.05. The third-order valence-corrected chi connectivity index (χ3v) is 5.76. The zero-order valence-corrected chi connectivity index (χ0v) is 18.4. The van der Waals surface area contributed by atoms with Gasteiger partial charge in [-0.15, -0.1) is 0 Å². The summed E-state index contributed by atoms with van der Waals surface area (Å²) in [7, 11) is 0. The number of benzene rings is 2. The maximum absolute atomic E-state index is 13.7. The summed E-state index contributed by atoms with van der Waals surface area (Å²) in [5, 5.41) is 0. The molecule has 3 heteroatoms.